The number of non-ortho nitro benzene ring substituents is 1. The molecule has 0 aliphatic carbocycles. The summed E-state index contributed by atoms with van der Waals surface area (Å²) >= 11 is 0. The van der Waals surface area contributed by atoms with E-state index in [0.29, 0.717) is 42.4 Å². The molecule has 156 valence electrons. The van der Waals surface area contributed by atoms with E-state index in [4.69, 9.17) is 15.9 Å². The SMILES string of the molecule is C#CCOc1ccc(/C=C2\CCn3c2nc2ccc([N+](=O)[O-])cc2c3=O)cc1OCC. The number of allylic oxidation sites excluding steroid dienone is 1. The van der Waals surface area contributed by atoms with Crippen LogP contribution in [0.3, 0.4) is 0 Å². The van der Waals surface area contributed by atoms with Gasteiger partial charge in [0.1, 0.15) is 12.4 Å². The van der Waals surface area contributed by atoms with Gasteiger partial charge in [0, 0.05) is 18.7 Å². The second kappa shape index (κ2) is 8.32. The summed E-state index contributed by atoms with van der Waals surface area (Å²) in [5, 5.41) is 11.3. The number of aromatic nitrogens is 2. The molecule has 31 heavy (non-hydrogen) atoms. The van der Waals surface area contributed by atoms with Crippen LogP contribution in [-0.4, -0.2) is 27.7 Å². The van der Waals surface area contributed by atoms with E-state index in [2.05, 4.69) is 10.9 Å². The van der Waals surface area contributed by atoms with Crippen molar-refractivity contribution in [2.75, 3.05) is 13.2 Å². The first-order valence-corrected chi connectivity index (χ1v) is 9.75. The standard InChI is InChI=1S/C23H19N3O5/c1-3-11-31-20-8-5-15(13-21(20)30-4-2)12-16-9-10-25-22(16)24-19-7-6-17(26(28)29)14-18(19)23(25)27/h1,5-8,12-14H,4,9-11H2,2H3/b16-12+. The van der Waals surface area contributed by atoms with Crippen molar-refractivity contribution in [2.45, 2.75) is 19.9 Å². The Balaban J connectivity index is 1.75. The first-order valence-electron chi connectivity index (χ1n) is 9.75. The predicted octanol–water partition coefficient (Wildman–Crippen LogP) is 3.66. The highest BCUT2D eigenvalue weighted by Crippen LogP contribution is 2.32. The van der Waals surface area contributed by atoms with E-state index in [9.17, 15) is 14.9 Å². The molecule has 0 spiro atoms. The van der Waals surface area contributed by atoms with Crippen LogP contribution in [0.5, 0.6) is 11.5 Å². The minimum Gasteiger partial charge on any atom is -0.490 e. The summed E-state index contributed by atoms with van der Waals surface area (Å²) < 4.78 is 12.8. The molecule has 1 aliphatic rings. The quantitative estimate of drug-likeness (QED) is 0.345. The van der Waals surface area contributed by atoms with Crippen LogP contribution < -0.4 is 15.0 Å². The van der Waals surface area contributed by atoms with Gasteiger partial charge < -0.3 is 9.47 Å². The van der Waals surface area contributed by atoms with Gasteiger partial charge in [-0.05, 0) is 48.8 Å². The van der Waals surface area contributed by atoms with Crippen molar-refractivity contribution in [3.05, 3.63) is 68.3 Å². The zero-order valence-electron chi connectivity index (χ0n) is 16.8. The monoisotopic (exact) mass is 417 g/mol. The number of nitro groups is 1. The number of hydrogen-bond donors (Lipinski definition) is 0. The Morgan fingerprint density at radius 3 is 2.84 bits per heavy atom. The third-order valence-corrected chi connectivity index (χ3v) is 4.96. The maximum Gasteiger partial charge on any atom is 0.270 e. The molecule has 1 aromatic heterocycles. The summed E-state index contributed by atoms with van der Waals surface area (Å²) in [6, 6.07) is 9.68. The first-order chi connectivity index (χ1) is 15.0. The minimum absolute atomic E-state index is 0.128. The number of nitrogens with zero attached hydrogens (tertiary/aromatic N) is 3. The molecular formula is C23H19N3O5. The van der Waals surface area contributed by atoms with Gasteiger partial charge in [-0.25, -0.2) is 4.98 Å². The summed E-state index contributed by atoms with van der Waals surface area (Å²) in [4.78, 5) is 28.0. The number of terminal acetylenes is 1. The first kappa shape index (κ1) is 20.2. The highest BCUT2D eigenvalue weighted by Gasteiger charge is 2.22. The number of benzene rings is 2. The Bertz CT molecular complexity index is 1320. The van der Waals surface area contributed by atoms with Crippen molar-refractivity contribution in [3.63, 3.8) is 0 Å². The highest BCUT2D eigenvalue weighted by atomic mass is 16.6. The predicted molar refractivity (Wildman–Crippen MR) is 117 cm³/mol. The van der Waals surface area contributed by atoms with Gasteiger partial charge in [0.05, 0.1) is 22.4 Å². The molecule has 8 nitrogen and oxygen atoms in total. The lowest BCUT2D eigenvalue weighted by molar-refractivity contribution is -0.384. The fourth-order valence-electron chi connectivity index (χ4n) is 3.58. The summed E-state index contributed by atoms with van der Waals surface area (Å²) in [5.74, 6) is 4.15. The molecule has 3 aromatic rings. The average Bonchev–Trinajstić information content (AvgIpc) is 3.16. The topological polar surface area (TPSA) is 96.5 Å². The molecule has 0 N–H and O–H groups in total. The Hall–Kier alpha value is -4.12. The molecule has 0 radical (unpaired) electrons. The maximum atomic E-state index is 12.9. The van der Waals surface area contributed by atoms with Crippen LogP contribution in [0.2, 0.25) is 0 Å². The fraction of sp³-hybridized carbons (Fsp3) is 0.217. The average molecular weight is 417 g/mol. The molecule has 8 heteroatoms. The third kappa shape index (κ3) is 3.85. The molecule has 2 aromatic carbocycles. The van der Waals surface area contributed by atoms with Crippen molar-refractivity contribution in [3.8, 4) is 23.8 Å². The van der Waals surface area contributed by atoms with Crippen LogP contribution in [0.25, 0.3) is 22.6 Å². The van der Waals surface area contributed by atoms with Gasteiger partial charge in [-0.2, -0.15) is 0 Å². The van der Waals surface area contributed by atoms with E-state index >= 15 is 0 Å². The summed E-state index contributed by atoms with van der Waals surface area (Å²) in [6.07, 6.45) is 7.84. The van der Waals surface area contributed by atoms with Crippen molar-refractivity contribution in [1.82, 2.24) is 9.55 Å². The summed E-state index contributed by atoms with van der Waals surface area (Å²) in [6.45, 7) is 2.97. The number of nitro benzene ring substituents is 1. The van der Waals surface area contributed by atoms with Gasteiger partial charge in [-0.15, -0.1) is 6.42 Å². The van der Waals surface area contributed by atoms with Gasteiger partial charge in [0.15, 0.2) is 11.5 Å². The molecule has 0 amide bonds. The summed E-state index contributed by atoms with van der Waals surface area (Å²) in [5.41, 5.74) is 1.80. The van der Waals surface area contributed by atoms with E-state index in [0.717, 1.165) is 11.1 Å². The van der Waals surface area contributed by atoms with Crippen LogP contribution >= 0.6 is 0 Å². The largest absolute Gasteiger partial charge is 0.490 e. The zero-order chi connectivity index (χ0) is 22.0. The third-order valence-electron chi connectivity index (χ3n) is 4.96. The van der Waals surface area contributed by atoms with Crippen molar-refractivity contribution < 1.29 is 14.4 Å². The highest BCUT2D eigenvalue weighted by molar-refractivity contribution is 5.86. The van der Waals surface area contributed by atoms with E-state index in [1.165, 1.54) is 18.2 Å². The van der Waals surface area contributed by atoms with E-state index < -0.39 is 4.92 Å². The number of rotatable bonds is 6. The van der Waals surface area contributed by atoms with Crippen LogP contribution in [0, 0.1) is 22.5 Å². The summed E-state index contributed by atoms with van der Waals surface area (Å²) in [7, 11) is 0. The number of fused-ring (bicyclic) bond motifs is 2. The lowest BCUT2D eigenvalue weighted by atomic mass is 10.1. The van der Waals surface area contributed by atoms with Crippen LogP contribution in [0.4, 0.5) is 5.69 Å². The molecular weight excluding hydrogens is 398 g/mol. The molecule has 0 bridgehead atoms. The maximum absolute atomic E-state index is 12.9. The normalized spacial score (nSPS) is 13.7. The molecule has 0 saturated carbocycles. The van der Waals surface area contributed by atoms with Crippen molar-refractivity contribution in [2.24, 2.45) is 0 Å². The van der Waals surface area contributed by atoms with Crippen molar-refractivity contribution in [1.29, 1.82) is 0 Å². The Morgan fingerprint density at radius 1 is 1.26 bits per heavy atom. The molecule has 4 rings (SSSR count). The van der Waals surface area contributed by atoms with Crippen LogP contribution in [0.1, 0.15) is 24.7 Å². The smallest absolute Gasteiger partial charge is 0.270 e. The molecule has 1 aliphatic heterocycles. The van der Waals surface area contributed by atoms with Gasteiger partial charge >= 0.3 is 0 Å². The molecule has 0 unspecified atom stereocenters. The molecule has 0 saturated heterocycles. The molecule has 0 fully saturated rings. The molecule has 2 heterocycles. The van der Waals surface area contributed by atoms with Gasteiger partial charge in [0.25, 0.3) is 11.2 Å². The second-order valence-electron chi connectivity index (χ2n) is 6.90. The second-order valence-corrected chi connectivity index (χ2v) is 6.90. The number of ether oxygens (including phenoxy) is 2. The van der Waals surface area contributed by atoms with Crippen molar-refractivity contribution >= 4 is 28.2 Å². The van der Waals surface area contributed by atoms with E-state index in [1.807, 2.05) is 25.1 Å². The minimum atomic E-state index is -0.519. The van der Waals surface area contributed by atoms with E-state index in [1.54, 1.807) is 10.6 Å². The Morgan fingerprint density at radius 2 is 2.10 bits per heavy atom. The number of hydrogen-bond acceptors (Lipinski definition) is 6. The van der Waals surface area contributed by atoms with Crippen LogP contribution in [0.15, 0.2) is 41.2 Å². The lowest BCUT2D eigenvalue weighted by Crippen LogP contribution is -2.20. The Labute approximate surface area is 177 Å². The lowest BCUT2D eigenvalue weighted by Gasteiger charge is -2.11. The van der Waals surface area contributed by atoms with Gasteiger partial charge in [-0.3, -0.25) is 19.5 Å². The van der Waals surface area contributed by atoms with Gasteiger partial charge in [0.2, 0.25) is 0 Å². The zero-order valence-corrected chi connectivity index (χ0v) is 16.8. The molecule has 0 atom stereocenters. The van der Waals surface area contributed by atoms with Gasteiger partial charge in [-0.1, -0.05) is 12.0 Å². The fourth-order valence-corrected chi connectivity index (χ4v) is 3.58. The van der Waals surface area contributed by atoms with Crippen LogP contribution in [-0.2, 0) is 6.54 Å². The van der Waals surface area contributed by atoms with E-state index in [-0.39, 0.29) is 23.2 Å². The Kier molecular flexibility index (Phi) is 5.41.